The van der Waals surface area contributed by atoms with Crippen LogP contribution >= 0.6 is 24.0 Å². The maximum Gasteiger partial charge on any atom is 0.239 e. The van der Waals surface area contributed by atoms with E-state index in [1.54, 1.807) is 0 Å². The number of rotatable bonds is 3. The Labute approximate surface area is 215 Å². The highest BCUT2D eigenvalue weighted by molar-refractivity contribution is 6.30. The normalized spacial score (nSPS) is 26.6. The van der Waals surface area contributed by atoms with E-state index in [0.717, 1.165) is 35.8 Å². The zero-order valence-corrected chi connectivity index (χ0v) is 22.2. The summed E-state index contributed by atoms with van der Waals surface area (Å²) in [6.07, 6.45) is 10.6. The van der Waals surface area contributed by atoms with E-state index in [9.17, 15) is 4.79 Å². The summed E-state index contributed by atoms with van der Waals surface area (Å²) >= 11 is 6.16. The zero-order valence-electron chi connectivity index (χ0n) is 20.6. The van der Waals surface area contributed by atoms with E-state index in [2.05, 4.69) is 55.4 Å². The molecule has 3 heterocycles. The van der Waals surface area contributed by atoms with Crippen molar-refractivity contribution in [3.63, 3.8) is 0 Å². The highest BCUT2D eigenvalue weighted by Crippen LogP contribution is 2.45. The largest absolute Gasteiger partial charge is 0.341 e. The predicted octanol–water partition coefficient (Wildman–Crippen LogP) is 6.08. The van der Waals surface area contributed by atoms with E-state index in [1.807, 2.05) is 16.8 Å². The standard InChI is InChI=1S/C27H37ClN4O.ClH/c1-26(2,3)32-15-11-22(30-32)21-17-23(29-24(21)19-7-9-20(28)10-8-19)25(33)31-16-14-27(18-31)12-5-4-6-13-27;/h7-11,15,21,23-24,29H,4-6,12-14,16-18H2,1-3H3;1H/t21?,23-,24-;/m0./s1. The average molecular weight is 506 g/mol. The summed E-state index contributed by atoms with van der Waals surface area (Å²) < 4.78 is 2.03. The number of hydrogen-bond donors (Lipinski definition) is 1. The third-order valence-corrected chi connectivity index (χ3v) is 8.39. The molecule has 1 amide bonds. The van der Waals surface area contributed by atoms with Crippen molar-refractivity contribution in [3.05, 3.63) is 52.8 Å². The van der Waals surface area contributed by atoms with Gasteiger partial charge in [0.05, 0.1) is 17.3 Å². The molecule has 0 bridgehead atoms. The van der Waals surface area contributed by atoms with Crippen molar-refractivity contribution in [2.45, 2.75) is 89.3 Å². The summed E-state index contributed by atoms with van der Waals surface area (Å²) in [5.74, 6) is 0.420. The van der Waals surface area contributed by atoms with Crippen LogP contribution in [0.2, 0.25) is 5.02 Å². The highest BCUT2D eigenvalue weighted by atomic mass is 35.5. The van der Waals surface area contributed by atoms with Crippen molar-refractivity contribution in [1.29, 1.82) is 0 Å². The summed E-state index contributed by atoms with van der Waals surface area (Å²) in [4.78, 5) is 15.8. The second kappa shape index (κ2) is 9.83. The van der Waals surface area contributed by atoms with Crippen LogP contribution in [0.4, 0.5) is 0 Å². The summed E-state index contributed by atoms with van der Waals surface area (Å²) in [6.45, 7) is 8.33. The summed E-state index contributed by atoms with van der Waals surface area (Å²) in [6, 6.07) is 10.0. The van der Waals surface area contributed by atoms with Crippen LogP contribution in [-0.2, 0) is 10.3 Å². The first-order chi connectivity index (χ1) is 15.7. The molecule has 2 aliphatic heterocycles. The van der Waals surface area contributed by atoms with Crippen molar-refractivity contribution in [2.24, 2.45) is 5.41 Å². The lowest BCUT2D eigenvalue weighted by molar-refractivity contribution is -0.132. The molecule has 7 heteroatoms. The van der Waals surface area contributed by atoms with Gasteiger partial charge < -0.3 is 4.90 Å². The Bertz CT molecular complexity index is 991. The van der Waals surface area contributed by atoms with E-state index >= 15 is 0 Å². The lowest BCUT2D eigenvalue weighted by Crippen LogP contribution is -2.44. The molecular weight excluding hydrogens is 467 g/mol. The average Bonchev–Trinajstić information content (AvgIpc) is 3.52. The molecule has 3 fully saturated rings. The molecule has 1 spiro atoms. The molecule has 1 saturated carbocycles. The third-order valence-electron chi connectivity index (χ3n) is 8.14. The van der Waals surface area contributed by atoms with E-state index in [0.29, 0.717) is 5.41 Å². The molecule has 5 nitrogen and oxygen atoms in total. The number of nitrogens with zero attached hydrogens (tertiary/aromatic N) is 3. The Morgan fingerprint density at radius 1 is 1.09 bits per heavy atom. The van der Waals surface area contributed by atoms with Gasteiger partial charge in [0.25, 0.3) is 0 Å². The van der Waals surface area contributed by atoms with E-state index in [4.69, 9.17) is 16.7 Å². The van der Waals surface area contributed by atoms with Crippen molar-refractivity contribution in [2.75, 3.05) is 13.1 Å². The van der Waals surface area contributed by atoms with Crippen LogP contribution in [-0.4, -0.2) is 39.7 Å². The maximum absolute atomic E-state index is 13.7. The molecular formula is C27H38Cl2N4O. The number of nitrogens with one attached hydrogen (secondary N) is 1. The lowest BCUT2D eigenvalue weighted by Gasteiger charge is -2.33. The Morgan fingerprint density at radius 2 is 1.79 bits per heavy atom. The molecule has 1 aliphatic carbocycles. The second-order valence-corrected chi connectivity index (χ2v) is 12.0. The van der Waals surface area contributed by atoms with Gasteiger partial charge in [0.1, 0.15) is 0 Å². The SMILES string of the molecule is CC(C)(C)n1ccc(C2C[C@@H](C(=O)N3CCC4(CCCCC4)C3)N[C@H]2c2ccc(Cl)cc2)n1.Cl. The second-order valence-electron chi connectivity index (χ2n) is 11.5. The van der Waals surface area contributed by atoms with Crippen LogP contribution in [0.5, 0.6) is 0 Å². The maximum atomic E-state index is 13.7. The predicted molar refractivity (Wildman–Crippen MR) is 140 cm³/mol. The number of hydrogen-bond acceptors (Lipinski definition) is 3. The smallest absolute Gasteiger partial charge is 0.239 e. The minimum Gasteiger partial charge on any atom is -0.341 e. The molecule has 34 heavy (non-hydrogen) atoms. The Kier molecular flexibility index (Phi) is 7.38. The Morgan fingerprint density at radius 3 is 2.44 bits per heavy atom. The van der Waals surface area contributed by atoms with Crippen molar-refractivity contribution in [3.8, 4) is 0 Å². The monoisotopic (exact) mass is 504 g/mol. The molecule has 0 radical (unpaired) electrons. The molecule has 186 valence electrons. The molecule has 5 rings (SSSR count). The molecule has 1 unspecified atom stereocenters. The molecule has 1 aromatic heterocycles. The Balaban J connectivity index is 0.00000274. The topological polar surface area (TPSA) is 50.2 Å². The first-order valence-corrected chi connectivity index (χ1v) is 13.0. The molecule has 3 aliphatic rings. The summed E-state index contributed by atoms with van der Waals surface area (Å²) in [5.41, 5.74) is 2.53. The van der Waals surface area contributed by atoms with Crippen molar-refractivity contribution < 1.29 is 4.79 Å². The quantitative estimate of drug-likeness (QED) is 0.550. The number of carbonyl (C=O) groups is 1. The Hall–Kier alpha value is -1.56. The fourth-order valence-corrected chi connectivity index (χ4v) is 6.34. The van der Waals surface area contributed by atoms with Gasteiger partial charge in [-0.25, -0.2) is 0 Å². The van der Waals surface area contributed by atoms with E-state index in [-0.39, 0.29) is 41.9 Å². The van der Waals surface area contributed by atoms with Crippen LogP contribution in [0.15, 0.2) is 36.5 Å². The van der Waals surface area contributed by atoms with Gasteiger partial charge in [0.15, 0.2) is 0 Å². The van der Waals surface area contributed by atoms with Crippen LogP contribution < -0.4 is 5.32 Å². The summed E-state index contributed by atoms with van der Waals surface area (Å²) in [5, 5.41) is 9.38. The summed E-state index contributed by atoms with van der Waals surface area (Å²) in [7, 11) is 0. The van der Waals surface area contributed by atoms with E-state index < -0.39 is 0 Å². The van der Waals surface area contributed by atoms with Gasteiger partial charge in [-0.1, -0.05) is 43.0 Å². The minimum atomic E-state index is -0.172. The molecule has 2 saturated heterocycles. The third kappa shape index (κ3) is 5.03. The molecule has 2 aromatic rings. The van der Waals surface area contributed by atoms with Gasteiger partial charge in [0, 0.05) is 36.3 Å². The number of benzene rings is 1. The van der Waals surface area contributed by atoms with Crippen LogP contribution in [0.1, 0.15) is 88.9 Å². The van der Waals surface area contributed by atoms with Gasteiger partial charge >= 0.3 is 0 Å². The lowest BCUT2D eigenvalue weighted by atomic mass is 9.73. The van der Waals surface area contributed by atoms with Gasteiger partial charge in [-0.3, -0.25) is 14.8 Å². The fourth-order valence-electron chi connectivity index (χ4n) is 6.22. The molecule has 1 aromatic carbocycles. The number of carbonyl (C=O) groups excluding carboxylic acids is 1. The number of halogens is 2. The van der Waals surface area contributed by atoms with Gasteiger partial charge in [-0.15, -0.1) is 12.4 Å². The molecule has 3 atom stereocenters. The van der Waals surface area contributed by atoms with Gasteiger partial charge in [-0.05, 0) is 75.6 Å². The zero-order chi connectivity index (χ0) is 23.2. The van der Waals surface area contributed by atoms with Crippen LogP contribution in [0.3, 0.4) is 0 Å². The van der Waals surface area contributed by atoms with Gasteiger partial charge in [0.2, 0.25) is 5.91 Å². The molecule has 1 N–H and O–H groups in total. The van der Waals surface area contributed by atoms with Crippen molar-refractivity contribution >= 4 is 29.9 Å². The fraction of sp³-hybridized carbons (Fsp3) is 0.630. The highest BCUT2D eigenvalue weighted by Gasteiger charge is 2.45. The van der Waals surface area contributed by atoms with Crippen LogP contribution in [0.25, 0.3) is 0 Å². The number of likely N-dealkylation sites (tertiary alicyclic amines) is 1. The number of aromatic nitrogens is 2. The number of amides is 1. The van der Waals surface area contributed by atoms with Crippen LogP contribution in [0, 0.1) is 5.41 Å². The van der Waals surface area contributed by atoms with Gasteiger partial charge in [-0.2, -0.15) is 5.10 Å². The van der Waals surface area contributed by atoms with E-state index in [1.165, 1.54) is 38.5 Å². The first kappa shape index (κ1) is 25.5. The first-order valence-electron chi connectivity index (χ1n) is 12.6. The minimum absolute atomic E-state index is 0. The van der Waals surface area contributed by atoms with Crippen molar-refractivity contribution in [1.82, 2.24) is 20.0 Å².